The first-order chi connectivity index (χ1) is 20.7. The summed E-state index contributed by atoms with van der Waals surface area (Å²) in [6.07, 6.45) is 1.86. The van der Waals surface area contributed by atoms with E-state index in [0.717, 1.165) is 44.5 Å². The minimum absolute atomic E-state index is 0. The van der Waals surface area contributed by atoms with Crippen LogP contribution in [0.5, 0.6) is 11.5 Å². The van der Waals surface area contributed by atoms with Crippen molar-refractivity contribution in [3.63, 3.8) is 0 Å². The summed E-state index contributed by atoms with van der Waals surface area (Å²) < 4.78 is 10.0. The molecule has 2 bridgehead atoms. The predicted octanol–water partition coefficient (Wildman–Crippen LogP) is 8.42. The third-order valence-corrected chi connectivity index (χ3v) is 8.85. The van der Waals surface area contributed by atoms with E-state index in [1.807, 2.05) is 48.7 Å². The van der Waals surface area contributed by atoms with Crippen molar-refractivity contribution >= 4 is 38.9 Å². The molecule has 0 aliphatic carbocycles. The fraction of sp³-hybridized carbons (Fsp3) is 0.162. The number of ether oxygens (including phenoxy) is 1. The molecule has 0 radical (unpaired) electrons. The summed E-state index contributed by atoms with van der Waals surface area (Å²) in [6, 6.07) is 38.1. The molecular formula is C37H30N5OPt-. The Kier molecular flexibility index (Phi) is 6.39. The zero-order valence-electron chi connectivity index (χ0n) is 24.9. The fourth-order valence-corrected chi connectivity index (χ4v) is 6.80. The van der Waals surface area contributed by atoms with E-state index in [4.69, 9.17) is 9.72 Å². The first-order valence-corrected chi connectivity index (χ1v) is 14.5. The van der Waals surface area contributed by atoms with Gasteiger partial charge in [-0.25, -0.2) is 4.98 Å². The Morgan fingerprint density at radius 1 is 0.909 bits per heavy atom. The van der Waals surface area contributed by atoms with E-state index in [9.17, 15) is 5.26 Å². The molecule has 3 aliphatic rings. The molecule has 2 aromatic heterocycles. The van der Waals surface area contributed by atoms with Crippen LogP contribution in [0.1, 0.15) is 31.9 Å². The average molecular weight is 756 g/mol. The van der Waals surface area contributed by atoms with E-state index < -0.39 is 0 Å². The second kappa shape index (κ2) is 9.87. The van der Waals surface area contributed by atoms with Gasteiger partial charge in [-0.3, -0.25) is 0 Å². The minimum atomic E-state index is -0.0324. The third kappa shape index (κ3) is 4.15. The zero-order valence-corrected chi connectivity index (χ0v) is 27.2. The summed E-state index contributed by atoms with van der Waals surface area (Å²) in [7, 11) is 2.25. The van der Waals surface area contributed by atoms with E-state index in [-0.39, 0.29) is 26.5 Å². The molecule has 9 rings (SSSR count). The molecule has 0 saturated carbocycles. The quantitative estimate of drug-likeness (QED) is 0.134. The molecule has 220 valence electrons. The monoisotopic (exact) mass is 755 g/mol. The molecule has 7 heteroatoms. The van der Waals surface area contributed by atoms with Gasteiger partial charge in [-0.05, 0) is 46.7 Å². The van der Waals surface area contributed by atoms with E-state index in [1.165, 1.54) is 16.9 Å². The number of pyridine rings is 1. The maximum atomic E-state index is 9.61. The molecule has 1 saturated heterocycles. The van der Waals surface area contributed by atoms with Crippen LogP contribution >= 0.6 is 0 Å². The van der Waals surface area contributed by atoms with Gasteiger partial charge in [0.05, 0.1) is 25.3 Å². The normalized spacial score (nSPS) is 20.1. The van der Waals surface area contributed by atoms with Crippen molar-refractivity contribution in [1.82, 2.24) is 18.5 Å². The number of para-hydroxylation sites is 2. The zero-order chi connectivity index (χ0) is 29.6. The van der Waals surface area contributed by atoms with E-state index in [1.54, 1.807) is 0 Å². The number of fused-ring (bicyclic) bond motifs is 3. The molecule has 1 fully saturated rings. The van der Waals surface area contributed by atoms with Crippen molar-refractivity contribution < 1.29 is 25.8 Å². The largest absolute Gasteiger partial charge is 0.509 e. The number of rotatable bonds is 4. The average Bonchev–Trinajstić information content (AvgIpc) is 3.55. The topological polar surface area (TPSA) is 50.8 Å². The number of nitrogens with zero attached hydrogens (tertiary/aromatic N) is 5. The van der Waals surface area contributed by atoms with Crippen molar-refractivity contribution in [2.24, 2.45) is 0 Å². The van der Waals surface area contributed by atoms with Gasteiger partial charge in [0.15, 0.2) is 18.0 Å². The van der Waals surface area contributed by atoms with Crippen molar-refractivity contribution in [1.29, 1.82) is 5.26 Å². The Hall–Kier alpha value is -4.27. The second-order valence-corrected chi connectivity index (χ2v) is 12.8. The van der Waals surface area contributed by atoms with Crippen LogP contribution in [0.3, 0.4) is 0 Å². The van der Waals surface area contributed by atoms with Crippen LogP contribution in [0.2, 0.25) is 0 Å². The maximum Gasteiger partial charge on any atom is 0.179 e. The third-order valence-electron chi connectivity index (χ3n) is 8.85. The minimum Gasteiger partial charge on any atom is -0.509 e. The van der Waals surface area contributed by atoms with Crippen LogP contribution in [0.25, 0.3) is 27.6 Å². The maximum absolute atomic E-state index is 9.61. The predicted molar refractivity (Wildman–Crippen MR) is 171 cm³/mol. The Balaban J connectivity index is 0.00000312. The Morgan fingerprint density at radius 3 is 2.45 bits per heavy atom. The Morgan fingerprint density at radius 2 is 1.68 bits per heavy atom. The number of hydrogen-bond donors (Lipinski definition) is 0. The number of aromatic nitrogens is 2. The van der Waals surface area contributed by atoms with Gasteiger partial charge in [0, 0.05) is 62.1 Å². The summed E-state index contributed by atoms with van der Waals surface area (Å²) in [5.41, 5.74) is 7.26. The Bertz CT molecular complexity index is 2150. The number of quaternary nitrogens is 2. The van der Waals surface area contributed by atoms with Gasteiger partial charge in [-0.15, -0.1) is 29.7 Å². The number of benzene rings is 4. The summed E-state index contributed by atoms with van der Waals surface area (Å²) in [5, 5.41) is 11.6. The van der Waals surface area contributed by atoms with Crippen LogP contribution in [-0.2, 0) is 26.5 Å². The number of nitriles is 1. The molecule has 2 atom stereocenters. The molecule has 4 aromatic carbocycles. The Labute approximate surface area is 271 Å². The van der Waals surface area contributed by atoms with E-state index in [2.05, 4.69) is 99.7 Å². The molecule has 0 amide bonds. The van der Waals surface area contributed by atoms with Crippen molar-refractivity contribution in [2.45, 2.75) is 26.2 Å². The van der Waals surface area contributed by atoms with Crippen LogP contribution in [-0.4, -0.2) is 23.3 Å². The van der Waals surface area contributed by atoms with Crippen LogP contribution < -0.4 is 13.7 Å². The van der Waals surface area contributed by atoms with Crippen LogP contribution in [0.15, 0.2) is 91.1 Å². The molecule has 0 spiro atoms. The fourth-order valence-electron chi connectivity index (χ4n) is 6.80. The van der Waals surface area contributed by atoms with Gasteiger partial charge in [0.25, 0.3) is 0 Å². The van der Waals surface area contributed by atoms with Crippen molar-refractivity contribution in [3.8, 4) is 23.4 Å². The molecule has 44 heavy (non-hydrogen) atoms. The summed E-state index contributed by atoms with van der Waals surface area (Å²) in [4.78, 5) is 4.77. The molecule has 5 heterocycles. The van der Waals surface area contributed by atoms with Gasteiger partial charge in [0.1, 0.15) is 5.82 Å². The molecule has 6 aromatic rings. The standard InChI is InChI=1S/C37H30N5O.Pt/c1-37(2,3)26-16-17-39-36(19-26)40-32-15-12-25(22-38)18-31(32)30-14-13-29(21-33(30)40)43-28-9-7-8-27(20-28)42-23-41(4,24-42)34-10-5-6-11-35(34)42;/h5-19,23H,24H2,1-4H3;/q-1;/t41-,42+;/m0./s1. The number of hydrogen-bond acceptors (Lipinski definition) is 3. The van der Waals surface area contributed by atoms with Crippen LogP contribution in [0, 0.1) is 30.1 Å². The van der Waals surface area contributed by atoms with Crippen molar-refractivity contribution in [2.75, 3.05) is 13.7 Å². The van der Waals surface area contributed by atoms with E-state index >= 15 is 0 Å². The summed E-state index contributed by atoms with van der Waals surface area (Å²) in [5.74, 6) is 2.03. The van der Waals surface area contributed by atoms with Gasteiger partial charge < -0.3 is 18.3 Å². The van der Waals surface area contributed by atoms with Gasteiger partial charge in [0.2, 0.25) is 0 Å². The first kappa shape index (κ1) is 28.5. The summed E-state index contributed by atoms with van der Waals surface area (Å²) >= 11 is 0. The smallest absolute Gasteiger partial charge is 0.179 e. The van der Waals surface area contributed by atoms with Crippen LogP contribution in [0.4, 0.5) is 17.1 Å². The van der Waals surface area contributed by atoms with Crippen molar-refractivity contribution in [3.05, 3.63) is 121 Å². The van der Waals surface area contributed by atoms with Gasteiger partial charge >= 0.3 is 0 Å². The van der Waals surface area contributed by atoms with Gasteiger partial charge in [-0.2, -0.15) is 17.4 Å². The summed E-state index contributed by atoms with van der Waals surface area (Å²) in [6.45, 7) is 9.88. The van der Waals surface area contributed by atoms with E-state index in [0.29, 0.717) is 21.5 Å². The molecule has 0 unspecified atom stereocenters. The molecule has 6 nitrogen and oxygen atoms in total. The first-order valence-electron chi connectivity index (χ1n) is 14.5. The second-order valence-electron chi connectivity index (χ2n) is 12.8. The SMILES string of the molecule is CC(C)(C)c1ccnc(-n2c3[c-]c(Oc4[c-]c([N@@+]56[CH-][N@@+](C)(C5)c5ccccc56)ccc4)ccc3c3cc(C#N)ccc32)c1.[Pt]. The molecule has 0 N–H and O–H groups in total. The molecular weight excluding hydrogens is 726 g/mol. The molecule has 3 aliphatic heterocycles. The van der Waals surface area contributed by atoms with Gasteiger partial charge in [-0.1, -0.05) is 44.5 Å².